The molecule has 0 amide bonds. The molecule has 182 valence electrons. The predicted octanol–water partition coefficient (Wildman–Crippen LogP) is 9.37. The lowest BCUT2D eigenvalue weighted by molar-refractivity contribution is 0.103. The summed E-state index contributed by atoms with van der Waals surface area (Å²) in [6, 6.07) is 28.8. The van der Waals surface area contributed by atoms with E-state index < -0.39 is 0 Å². The third-order valence-electron chi connectivity index (χ3n) is 6.97. The van der Waals surface area contributed by atoms with Gasteiger partial charge in [0.1, 0.15) is 0 Å². The molecule has 1 aromatic heterocycles. The van der Waals surface area contributed by atoms with Gasteiger partial charge in [0.15, 0.2) is 5.78 Å². The number of fused-ring (bicyclic) bond motifs is 3. The molecular weight excluding hydrogens is 506 g/mol. The monoisotopic (exact) mass is 537 g/mol. The van der Waals surface area contributed by atoms with Crippen LogP contribution in [0.25, 0.3) is 27.5 Å². The second-order valence-corrected chi connectivity index (χ2v) is 12.5. The fourth-order valence-corrected chi connectivity index (χ4v) is 5.42. The molecule has 0 atom stereocenters. The van der Waals surface area contributed by atoms with E-state index in [4.69, 9.17) is 0 Å². The normalized spacial score (nSPS) is 12.4. The van der Waals surface area contributed by atoms with Crippen LogP contribution in [0, 0.1) is 0 Å². The molecule has 0 saturated carbocycles. The van der Waals surface area contributed by atoms with Crippen molar-refractivity contribution in [2.75, 3.05) is 0 Å². The van der Waals surface area contributed by atoms with Crippen molar-refractivity contribution in [2.24, 2.45) is 0 Å². The van der Waals surface area contributed by atoms with Gasteiger partial charge in [-0.1, -0.05) is 77.9 Å². The Bertz CT molecular complexity index is 1590. The third kappa shape index (κ3) is 4.30. The molecular formula is C33H32BrNO. The fourth-order valence-electron chi connectivity index (χ4n) is 4.78. The van der Waals surface area contributed by atoms with E-state index >= 15 is 0 Å². The van der Waals surface area contributed by atoms with E-state index in [2.05, 4.69) is 105 Å². The summed E-state index contributed by atoms with van der Waals surface area (Å²) in [5.41, 5.74) is 7.43. The maximum atomic E-state index is 13.0. The quantitative estimate of drug-likeness (QED) is 0.210. The lowest BCUT2D eigenvalue weighted by Gasteiger charge is -2.20. The number of rotatable bonds is 3. The van der Waals surface area contributed by atoms with Crippen LogP contribution in [-0.2, 0) is 10.8 Å². The van der Waals surface area contributed by atoms with E-state index in [9.17, 15) is 4.79 Å². The lowest BCUT2D eigenvalue weighted by Crippen LogP contribution is -2.11. The van der Waals surface area contributed by atoms with Crippen molar-refractivity contribution in [1.29, 1.82) is 0 Å². The summed E-state index contributed by atoms with van der Waals surface area (Å²) < 4.78 is 3.38. The number of carbonyl (C=O) groups is 1. The Hall–Kier alpha value is -3.17. The third-order valence-corrected chi connectivity index (χ3v) is 7.57. The number of halogens is 1. The van der Waals surface area contributed by atoms with Crippen LogP contribution in [-0.4, -0.2) is 10.4 Å². The Morgan fingerprint density at radius 2 is 1.25 bits per heavy atom. The number of nitrogens with zero attached hydrogens (tertiary/aromatic N) is 1. The Labute approximate surface area is 222 Å². The maximum absolute atomic E-state index is 13.0. The van der Waals surface area contributed by atoms with Gasteiger partial charge in [-0.2, -0.15) is 0 Å². The van der Waals surface area contributed by atoms with Crippen molar-refractivity contribution in [3.63, 3.8) is 0 Å². The first-order valence-corrected chi connectivity index (χ1v) is 13.2. The minimum Gasteiger partial charge on any atom is -0.308 e. The van der Waals surface area contributed by atoms with Crippen molar-refractivity contribution in [1.82, 2.24) is 4.57 Å². The zero-order chi connectivity index (χ0) is 25.8. The molecule has 5 rings (SSSR count). The summed E-state index contributed by atoms with van der Waals surface area (Å²) in [4.78, 5) is 13.0. The van der Waals surface area contributed by atoms with Gasteiger partial charge in [-0.25, -0.2) is 0 Å². The fraction of sp³-hybridized carbons (Fsp3) is 0.242. The van der Waals surface area contributed by atoms with E-state index in [-0.39, 0.29) is 16.6 Å². The van der Waals surface area contributed by atoms with Crippen molar-refractivity contribution in [3.05, 3.63) is 112 Å². The molecule has 0 radical (unpaired) electrons. The molecule has 4 aromatic carbocycles. The van der Waals surface area contributed by atoms with Crippen LogP contribution in [0.5, 0.6) is 0 Å². The van der Waals surface area contributed by atoms with Gasteiger partial charge in [-0.3, -0.25) is 4.79 Å². The van der Waals surface area contributed by atoms with E-state index in [1.54, 1.807) is 0 Å². The van der Waals surface area contributed by atoms with Crippen LogP contribution in [0.2, 0.25) is 0 Å². The van der Waals surface area contributed by atoms with E-state index in [1.807, 2.05) is 42.5 Å². The largest absolute Gasteiger partial charge is 0.308 e. The Morgan fingerprint density at radius 1 is 0.667 bits per heavy atom. The SMILES string of the molecule is CC(C)(C)c1ccc2c(c1)c1cc(C(C)(C)C)cc(Br)c1n2-c1ccc(C(=O)c2ccccc2)cc1. The van der Waals surface area contributed by atoms with Gasteiger partial charge in [0.25, 0.3) is 0 Å². The van der Waals surface area contributed by atoms with Gasteiger partial charge in [-0.05, 0) is 86.4 Å². The summed E-state index contributed by atoms with van der Waals surface area (Å²) in [6.07, 6.45) is 0. The van der Waals surface area contributed by atoms with E-state index in [1.165, 1.54) is 21.9 Å². The Kier molecular flexibility index (Phi) is 5.95. The molecule has 0 saturated heterocycles. The Morgan fingerprint density at radius 3 is 1.86 bits per heavy atom. The van der Waals surface area contributed by atoms with Crippen LogP contribution in [0.3, 0.4) is 0 Å². The molecule has 0 bridgehead atoms. The molecule has 0 aliphatic carbocycles. The highest BCUT2D eigenvalue weighted by Gasteiger charge is 2.22. The van der Waals surface area contributed by atoms with Crippen molar-refractivity contribution >= 4 is 43.5 Å². The number of aromatic nitrogens is 1. The average molecular weight is 539 g/mol. The average Bonchev–Trinajstić information content (AvgIpc) is 3.17. The standard InChI is InChI=1S/C33H32BrNO/c1-32(2,3)23-14-17-29-26(18-23)27-19-24(33(4,5)6)20-28(34)30(27)35(29)25-15-12-22(13-16-25)31(36)21-10-8-7-9-11-21/h7-20H,1-6H3. The van der Waals surface area contributed by atoms with Gasteiger partial charge in [0.2, 0.25) is 0 Å². The molecule has 5 aromatic rings. The highest BCUT2D eigenvalue weighted by atomic mass is 79.9. The van der Waals surface area contributed by atoms with Crippen LogP contribution < -0.4 is 0 Å². The number of carbonyl (C=O) groups excluding carboxylic acids is 1. The second kappa shape index (κ2) is 8.74. The van der Waals surface area contributed by atoms with Crippen molar-refractivity contribution in [3.8, 4) is 5.69 Å². The van der Waals surface area contributed by atoms with Crippen molar-refractivity contribution < 1.29 is 4.79 Å². The number of benzene rings is 4. The predicted molar refractivity (Wildman–Crippen MR) is 156 cm³/mol. The minimum absolute atomic E-state index is 0.0339. The van der Waals surface area contributed by atoms with Crippen LogP contribution >= 0.6 is 15.9 Å². The summed E-state index contributed by atoms with van der Waals surface area (Å²) in [6.45, 7) is 13.5. The zero-order valence-electron chi connectivity index (χ0n) is 21.8. The van der Waals surface area contributed by atoms with Gasteiger partial charge in [0, 0.05) is 32.1 Å². The van der Waals surface area contributed by atoms with Gasteiger partial charge < -0.3 is 4.57 Å². The Balaban J connectivity index is 1.74. The van der Waals surface area contributed by atoms with E-state index in [0.29, 0.717) is 11.1 Å². The number of ketones is 1. The molecule has 2 nitrogen and oxygen atoms in total. The molecule has 0 unspecified atom stereocenters. The molecule has 3 heteroatoms. The summed E-state index contributed by atoms with van der Waals surface area (Å²) in [5.74, 6) is 0.0372. The molecule has 0 aliphatic rings. The van der Waals surface area contributed by atoms with Crippen LogP contribution in [0.15, 0.2) is 89.4 Å². The number of hydrogen-bond donors (Lipinski definition) is 0. The first-order valence-electron chi connectivity index (χ1n) is 12.4. The zero-order valence-corrected chi connectivity index (χ0v) is 23.4. The molecule has 36 heavy (non-hydrogen) atoms. The van der Waals surface area contributed by atoms with Gasteiger partial charge >= 0.3 is 0 Å². The highest BCUT2D eigenvalue weighted by Crippen LogP contribution is 2.41. The first kappa shape index (κ1) is 24.5. The van der Waals surface area contributed by atoms with E-state index in [0.717, 1.165) is 21.2 Å². The maximum Gasteiger partial charge on any atom is 0.193 e. The molecule has 0 spiro atoms. The van der Waals surface area contributed by atoms with Crippen molar-refractivity contribution in [2.45, 2.75) is 52.4 Å². The highest BCUT2D eigenvalue weighted by molar-refractivity contribution is 9.10. The summed E-state index contributed by atoms with van der Waals surface area (Å²) in [5, 5.41) is 2.48. The number of hydrogen-bond acceptors (Lipinski definition) is 1. The first-order chi connectivity index (χ1) is 16.9. The summed E-state index contributed by atoms with van der Waals surface area (Å²) >= 11 is 3.92. The molecule has 0 N–H and O–H groups in total. The van der Waals surface area contributed by atoms with Crippen LogP contribution in [0.1, 0.15) is 68.6 Å². The topological polar surface area (TPSA) is 22.0 Å². The van der Waals surface area contributed by atoms with Crippen LogP contribution in [0.4, 0.5) is 0 Å². The minimum atomic E-state index is 0.0339. The second-order valence-electron chi connectivity index (χ2n) is 11.7. The molecule has 0 fully saturated rings. The lowest BCUT2D eigenvalue weighted by atomic mass is 9.85. The van der Waals surface area contributed by atoms with Gasteiger partial charge in [0.05, 0.1) is 11.0 Å². The van der Waals surface area contributed by atoms with Gasteiger partial charge in [-0.15, -0.1) is 0 Å². The summed E-state index contributed by atoms with van der Waals surface area (Å²) in [7, 11) is 0. The molecule has 0 aliphatic heterocycles. The molecule has 1 heterocycles. The smallest absolute Gasteiger partial charge is 0.193 e.